The molecule has 2 aromatic heterocycles. The van der Waals surface area contributed by atoms with Gasteiger partial charge in [-0.1, -0.05) is 19.8 Å². The Balaban J connectivity index is 2.09. The fourth-order valence-corrected chi connectivity index (χ4v) is 1.61. The largest absolute Gasteiger partial charge is 0.248 e. The van der Waals surface area contributed by atoms with Crippen LogP contribution in [0.4, 0.5) is 0 Å². The van der Waals surface area contributed by atoms with Gasteiger partial charge in [-0.25, -0.2) is 9.36 Å². The highest BCUT2D eigenvalue weighted by molar-refractivity contribution is 5.19. The van der Waals surface area contributed by atoms with Crippen LogP contribution in [0.15, 0.2) is 30.7 Å². The monoisotopic (exact) mass is 204 g/mol. The molecule has 0 N–H and O–H groups in total. The number of aryl methyl sites for hydroxylation is 1. The van der Waals surface area contributed by atoms with Crippen LogP contribution in [0.3, 0.4) is 0 Å². The molecule has 4 heteroatoms. The lowest BCUT2D eigenvalue weighted by Gasteiger charge is -2.06. The summed E-state index contributed by atoms with van der Waals surface area (Å²) in [6, 6.07) is 3.91. The van der Waals surface area contributed by atoms with E-state index in [9.17, 15) is 0 Å². The fourth-order valence-electron chi connectivity index (χ4n) is 1.61. The summed E-state index contributed by atoms with van der Waals surface area (Å²) in [6.07, 6.45) is 9.20. The number of unbranched alkanes of at least 4 members (excludes halogenated alkanes) is 2. The first kappa shape index (κ1) is 9.96. The van der Waals surface area contributed by atoms with Crippen molar-refractivity contribution in [3.05, 3.63) is 30.7 Å². The van der Waals surface area contributed by atoms with E-state index in [0.29, 0.717) is 0 Å². The summed E-state index contributed by atoms with van der Waals surface area (Å²) >= 11 is 0. The van der Waals surface area contributed by atoms with Crippen molar-refractivity contribution in [2.24, 2.45) is 0 Å². The number of hydrogen-bond donors (Lipinski definition) is 0. The Morgan fingerprint density at radius 2 is 2.13 bits per heavy atom. The summed E-state index contributed by atoms with van der Waals surface area (Å²) in [6.45, 7) is 3.17. The minimum absolute atomic E-state index is 0.968. The predicted molar refractivity (Wildman–Crippen MR) is 58.9 cm³/mol. The first-order chi connectivity index (χ1) is 7.42. The maximum Gasteiger partial charge on any atom is 0.151 e. The second-order valence-corrected chi connectivity index (χ2v) is 3.57. The Morgan fingerprint density at radius 3 is 2.87 bits per heavy atom. The first-order valence-electron chi connectivity index (χ1n) is 5.43. The maximum absolute atomic E-state index is 4.30. The number of rotatable bonds is 5. The summed E-state index contributed by atoms with van der Waals surface area (Å²) in [5, 5.41) is 8.50. The van der Waals surface area contributed by atoms with E-state index in [0.717, 1.165) is 12.4 Å². The fraction of sp³-hybridized carbons (Fsp3) is 0.455. The van der Waals surface area contributed by atoms with Crippen LogP contribution in [-0.4, -0.2) is 19.6 Å². The molecule has 0 unspecified atom stereocenters. The predicted octanol–water partition coefficient (Wildman–Crippen LogP) is 2.26. The van der Waals surface area contributed by atoms with Crippen LogP contribution >= 0.6 is 0 Å². The Kier molecular flexibility index (Phi) is 3.17. The van der Waals surface area contributed by atoms with Gasteiger partial charge in [-0.2, -0.15) is 10.2 Å². The van der Waals surface area contributed by atoms with Crippen LogP contribution in [0.1, 0.15) is 26.2 Å². The molecular weight excluding hydrogens is 188 g/mol. The van der Waals surface area contributed by atoms with E-state index >= 15 is 0 Å². The van der Waals surface area contributed by atoms with Gasteiger partial charge >= 0.3 is 0 Å². The van der Waals surface area contributed by atoms with E-state index in [1.807, 2.05) is 33.9 Å². The summed E-state index contributed by atoms with van der Waals surface area (Å²) < 4.78 is 3.85. The summed E-state index contributed by atoms with van der Waals surface area (Å²) in [7, 11) is 0. The van der Waals surface area contributed by atoms with Crippen molar-refractivity contribution in [1.29, 1.82) is 0 Å². The van der Waals surface area contributed by atoms with Crippen molar-refractivity contribution in [3.8, 4) is 5.82 Å². The molecule has 4 nitrogen and oxygen atoms in total. The molecule has 0 saturated heterocycles. The Morgan fingerprint density at radius 1 is 1.20 bits per heavy atom. The van der Waals surface area contributed by atoms with E-state index in [-0.39, 0.29) is 0 Å². The number of hydrogen-bond acceptors (Lipinski definition) is 2. The van der Waals surface area contributed by atoms with Gasteiger partial charge in [-0.15, -0.1) is 0 Å². The van der Waals surface area contributed by atoms with Gasteiger partial charge in [0.25, 0.3) is 0 Å². The molecular formula is C11H16N4. The maximum atomic E-state index is 4.30. The van der Waals surface area contributed by atoms with Crippen LogP contribution in [0, 0.1) is 0 Å². The van der Waals surface area contributed by atoms with Gasteiger partial charge in [-0.05, 0) is 12.5 Å². The van der Waals surface area contributed by atoms with Gasteiger partial charge < -0.3 is 0 Å². The van der Waals surface area contributed by atoms with E-state index in [4.69, 9.17) is 0 Å². The van der Waals surface area contributed by atoms with Crippen LogP contribution in [-0.2, 0) is 6.54 Å². The third-order valence-electron chi connectivity index (χ3n) is 2.41. The minimum Gasteiger partial charge on any atom is -0.248 e. The lowest BCUT2D eigenvalue weighted by molar-refractivity contribution is 0.537. The molecule has 0 aliphatic rings. The minimum atomic E-state index is 0.968. The zero-order valence-electron chi connectivity index (χ0n) is 9.00. The Labute approximate surface area is 89.5 Å². The molecule has 0 radical (unpaired) electrons. The first-order valence-corrected chi connectivity index (χ1v) is 5.43. The number of aromatic nitrogens is 4. The standard InChI is InChI=1S/C11H16N4/c1-2-3-4-9-14-11(6-8-13-14)15-10-5-7-12-15/h5-8,10H,2-4,9H2,1H3. The molecule has 2 aromatic rings. The third-order valence-corrected chi connectivity index (χ3v) is 2.41. The molecule has 15 heavy (non-hydrogen) atoms. The molecule has 2 heterocycles. The average Bonchev–Trinajstić information content (AvgIpc) is 2.87. The second kappa shape index (κ2) is 4.77. The van der Waals surface area contributed by atoms with Gasteiger partial charge in [0.05, 0.1) is 6.20 Å². The highest BCUT2D eigenvalue weighted by Gasteiger charge is 2.03. The summed E-state index contributed by atoms with van der Waals surface area (Å²) in [4.78, 5) is 0. The third kappa shape index (κ3) is 2.26. The molecule has 0 aliphatic carbocycles. The van der Waals surface area contributed by atoms with E-state index in [2.05, 4.69) is 17.1 Å². The molecule has 0 amide bonds. The SMILES string of the molecule is CCCCCn1nccc1-n1cccn1. The molecule has 0 atom stereocenters. The normalized spacial score (nSPS) is 10.7. The van der Waals surface area contributed by atoms with Crippen LogP contribution in [0.5, 0.6) is 0 Å². The van der Waals surface area contributed by atoms with Crippen molar-refractivity contribution in [1.82, 2.24) is 19.6 Å². The van der Waals surface area contributed by atoms with E-state index in [1.54, 1.807) is 6.20 Å². The quantitative estimate of drug-likeness (QED) is 0.700. The van der Waals surface area contributed by atoms with Gasteiger partial charge in [0, 0.05) is 25.0 Å². The van der Waals surface area contributed by atoms with Gasteiger partial charge in [0.15, 0.2) is 5.82 Å². The molecule has 0 bridgehead atoms. The van der Waals surface area contributed by atoms with Crippen LogP contribution in [0.25, 0.3) is 5.82 Å². The molecule has 0 aromatic carbocycles. The Bertz CT molecular complexity index is 388. The molecule has 0 fully saturated rings. The molecule has 0 spiro atoms. The molecule has 0 saturated carbocycles. The zero-order valence-corrected chi connectivity index (χ0v) is 9.00. The lowest BCUT2D eigenvalue weighted by Crippen LogP contribution is -2.07. The highest BCUT2D eigenvalue weighted by atomic mass is 15.4. The van der Waals surface area contributed by atoms with E-state index < -0.39 is 0 Å². The van der Waals surface area contributed by atoms with Gasteiger partial charge in [0.1, 0.15) is 0 Å². The van der Waals surface area contributed by atoms with Crippen LogP contribution < -0.4 is 0 Å². The second-order valence-electron chi connectivity index (χ2n) is 3.57. The highest BCUT2D eigenvalue weighted by Crippen LogP contribution is 2.07. The smallest absolute Gasteiger partial charge is 0.151 e. The summed E-state index contributed by atoms with van der Waals surface area (Å²) in [5.41, 5.74) is 0. The molecule has 0 aliphatic heterocycles. The lowest BCUT2D eigenvalue weighted by atomic mass is 10.2. The van der Waals surface area contributed by atoms with Crippen molar-refractivity contribution in [2.45, 2.75) is 32.7 Å². The van der Waals surface area contributed by atoms with Crippen LogP contribution in [0.2, 0.25) is 0 Å². The van der Waals surface area contributed by atoms with Crippen molar-refractivity contribution < 1.29 is 0 Å². The number of nitrogens with zero attached hydrogens (tertiary/aromatic N) is 4. The molecule has 2 rings (SSSR count). The van der Waals surface area contributed by atoms with Crippen molar-refractivity contribution >= 4 is 0 Å². The Hall–Kier alpha value is -1.58. The van der Waals surface area contributed by atoms with E-state index in [1.165, 1.54) is 19.3 Å². The average molecular weight is 204 g/mol. The van der Waals surface area contributed by atoms with Crippen molar-refractivity contribution in [3.63, 3.8) is 0 Å². The van der Waals surface area contributed by atoms with Crippen molar-refractivity contribution in [2.75, 3.05) is 0 Å². The van der Waals surface area contributed by atoms with Gasteiger partial charge in [-0.3, -0.25) is 0 Å². The summed E-state index contributed by atoms with van der Waals surface area (Å²) in [5.74, 6) is 1.04. The topological polar surface area (TPSA) is 35.6 Å². The molecule has 80 valence electrons. The zero-order chi connectivity index (χ0) is 10.5. The van der Waals surface area contributed by atoms with Gasteiger partial charge in [0.2, 0.25) is 0 Å².